The van der Waals surface area contributed by atoms with Crippen LogP contribution in [-0.2, 0) is 7.05 Å². The molecule has 0 saturated heterocycles. The zero-order valence-corrected chi connectivity index (χ0v) is 15.2. The van der Waals surface area contributed by atoms with Gasteiger partial charge in [-0.25, -0.2) is 4.98 Å². The third-order valence-electron chi connectivity index (χ3n) is 4.93. The number of H-pyrrole nitrogens is 1. The monoisotopic (exact) mass is 373 g/mol. The molecule has 136 valence electrons. The molecule has 1 saturated carbocycles. The predicted molar refractivity (Wildman–Crippen MR) is 97.1 cm³/mol. The highest BCUT2D eigenvalue weighted by Crippen LogP contribution is 2.38. The number of hydrogen-bond donors (Lipinski definition) is 3. The van der Waals surface area contributed by atoms with E-state index in [1.807, 2.05) is 13.2 Å². The quantitative estimate of drug-likeness (QED) is 0.637. The number of aromatic amines is 1. The number of aliphatic hydroxyl groups is 1. The summed E-state index contributed by atoms with van der Waals surface area (Å²) in [5, 5.41) is 17.4. The first-order valence-corrected chi connectivity index (χ1v) is 9.20. The highest BCUT2D eigenvalue weighted by atomic mass is 32.1. The average molecular weight is 373 g/mol. The van der Waals surface area contributed by atoms with Gasteiger partial charge in [0.05, 0.1) is 34.9 Å². The van der Waals surface area contributed by atoms with E-state index < -0.39 is 0 Å². The van der Waals surface area contributed by atoms with Gasteiger partial charge in [-0.1, -0.05) is 0 Å². The number of fused-ring (bicyclic) bond motifs is 1. The second kappa shape index (κ2) is 6.33. The van der Waals surface area contributed by atoms with E-state index in [1.54, 1.807) is 17.8 Å². The molecule has 26 heavy (non-hydrogen) atoms. The first kappa shape index (κ1) is 16.9. The molecule has 0 bridgehead atoms. The smallest absolute Gasteiger partial charge is 0.262 e. The molecular formula is C17H19N5O3S. The van der Waals surface area contributed by atoms with Gasteiger partial charge < -0.3 is 15.4 Å². The van der Waals surface area contributed by atoms with Gasteiger partial charge in [0.2, 0.25) is 0 Å². The molecule has 0 radical (unpaired) electrons. The Bertz CT molecular complexity index is 1030. The average Bonchev–Trinajstić information content (AvgIpc) is 3.14. The molecule has 0 unspecified atom stereocenters. The lowest BCUT2D eigenvalue weighted by molar-refractivity contribution is 0.0235. The van der Waals surface area contributed by atoms with Gasteiger partial charge in [-0.05, 0) is 31.2 Å². The number of aryl methyl sites for hydroxylation is 2. The maximum atomic E-state index is 12.9. The molecule has 0 spiro atoms. The summed E-state index contributed by atoms with van der Waals surface area (Å²) in [6, 6.07) is -0.226. The first-order valence-electron chi connectivity index (χ1n) is 8.38. The van der Waals surface area contributed by atoms with E-state index in [4.69, 9.17) is 0 Å². The summed E-state index contributed by atoms with van der Waals surface area (Å²) in [5.41, 5.74) is 1.30. The highest BCUT2D eigenvalue weighted by Gasteiger charge is 2.36. The van der Waals surface area contributed by atoms with Crippen molar-refractivity contribution >= 4 is 27.5 Å². The van der Waals surface area contributed by atoms with Gasteiger partial charge >= 0.3 is 0 Å². The van der Waals surface area contributed by atoms with Crippen molar-refractivity contribution in [1.82, 2.24) is 25.1 Å². The molecule has 1 fully saturated rings. The van der Waals surface area contributed by atoms with Gasteiger partial charge in [-0.2, -0.15) is 5.10 Å². The van der Waals surface area contributed by atoms with E-state index in [1.165, 1.54) is 17.7 Å². The van der Waals surface area contributed by atoms with Crippen LogP contribution in [0.1, 0.15) is 39.7 Å². The van der Waals surface area contributed by atoms with E-state index >= 15 is 0 Å². The Labute approximate surface area is 152 Å². The lowest BCUT2D eigenvalue weighted by atomic mass is 9.75. The predicted octanol–water partition coefficient (Wildman–Crippen LogP) is 1.27. The number of carbonyl (C=O) groups excluding carboxylic acids is 1. The molecule has 1 aliphatic carbocycles. The van der Waals surface area contributed by atoms with Crippen LogP contribution in [-0.4, -0.2) is 36.9 Å². The molecule has 3 N–H and O–H groups in total. The van der Waals surface area contributed by atoms with Crippen LogP contribution in [0.25, 0.3) is 10.2 Å². The summed E-state index contributed by atoms with van der Waals surface area (Å²) in [6.07, 6.45) is 5.93. The summed E-state index contributed by atoms with van der Waals surface area (Å²) < 4.78 is 1.69. The zero-order chi connectivity index (χ0) is 18.4. The number of thiophene rings is 1. The van der Waals surface area contributed by atoms with Crippen LogP contribution in [0.3, 0.4) is 0 Å². The Kier molecular flexibility index (Phi) is 4.12. The van der Waals surface area contributed by atoms with Crippen molar-refractivity contribution in [2.75, 3.05) is 0 Å². The number of nitrogens with one attached hydrogen (secondary N) is 2. The molecule has 3 heterocycles. The first-order chi connectivity index (χ1) is 12.4. The molecule has 0 aromatic carbocycles. The maximum absolute atomic E-state index is 12.9. The SMILES string of the molecule is Cc1c(C(=O)N[C@H](c2cnn(C)c2)C2CC(O)C2)sc2nc[nH]c(=O)c12. The number of nitrogens with zero attached hydrogens (tertiary/aromatic N) is 3. The van der Waals surface area contributed by atoms with Crippen LogP contribution in [0.4, 0.5) is 0 Å². The second-order valence-corrected chi connectivity index (χ2v) is 7.75. The number of carbonyl (C=O) groups is 1. The van der Waals surface area contributed by atoms with Crippen molar-refractivity contribution in [1.29, 1.82) is 0 Å². The molecule has 0 aliphatic heterocycles. The molecule has 9 heteroatoms. The summed E-state index contributed by atoms with van der Waals surface area (Å²) in [5.74, 6) is -0.0745. The fourth-order valence-corrected chi connectivity index (χ4v) is 4.53. The minimum absolute atomic E-state index is 0.161. The summed E-state index contributed by atoms with van der Waals surface area (Å²) in [6.45, 7) is 1.76. The number of amides is 1. The minimum Gasteiger partial charge on any atom is -0.393 e. The third kappa shape index (κ3) is 2.82. The van der Waals surface area contributed by atoms with Gasteiger partial charge in [0.25, 0.3) is 11.5 Å². The molecule has 3 aromatic rings. The maximum Gasteiger partial charge on any atom is 0.262 e. The van der Waals surface area contributed by atoms with Gasteiger partial charge in [-0.15, -0.1) is 11.3 Å². The standard InChI is InChI=1S/C17H19N5O3S/c1-8-12-15(24)18-7-19-17(12)26-14(8)16(25)21-13(9-3-11(23)4-9)10-5-20-22(2)6-10/h5-7,9,11,13,23H,3-4H2,1-2H3,(H,21,25)(H,18,19,24)/t9?,11?,13-/m0/s1. The van der Waals surface area contributed by atoms with Gasteiger partial charge in [0.1, 0.15) is 4.83 Å². The van der Waals surface area contributed by atoms with E-state index in [0.29, 0.717) is 33.5 Å². The van der Waals surface area contributed by atoms with Crippen LogP contribution in [0.15, 0.2) is 23.5 Å². The van der Waals surface area contributed by atoms with Crippen LogP contribution in [0.2, 0.25) is 0 Å². The minimum atomic E-state index is -0.315. The van der Waals surface area contributed by atoms with Crippen molar-refractivity contribution in [3.63, 3.8) is 0 Å². The number of aliphatic hydroxyl groups excluding tert-OH is 1. The van der Waals surface area contributed by atoms with Crippen molar-refractivity contribution in [3.05, 3.63) is 45.1 Å². The van der Waals surface area contributed by atoms with E-state index in [9.17, 15) is 14.7 Å². The lowest BCUT2D eigenvalue weighted by Gasteiger charge is -2.37. The molecular weight excluding hydrogens is 354 g/mol. The molecule has 1 atom stereocenters. The van der Waals surface area contributed by atoms with Crippen LogP contribution >= 0.6 is 11.3 Å². The highest BCUT2D eigenvalue weighted by molar-refractivity contribution is 7.20. The van der Waals surface area contributed by atoms with E-state index in [-0.39, 0.29) is 29.5 Å². The van der Waals surface area contributed by atoms with Crippen molar-refractivity contribution in [2.24, 2.45) is 13.0 Å². The summed E-state index contributed by atoms with van der Waals surface area (Å²) in [7, 11) is 1.83. The van der Waals surface area contributed by atoms with Crippen molar-refractivity contribution in [2.45, 2.75) is 31.9 Å². The van der Waals surface area contributed by atoms with Crippen LogP contribution < -0.4 is 10.9 Å². The van der Waals surface area contributed by atoms with Gasteiger partial charge in [0.15, 0.2) is 0 Å². The Balaban J connectivity index is 1.66. The molecule has 1 aliphatic rings. The van der Waals surface area contributed by atoms with Crippen LogP contribution in [0.5, 0.6) is 0 Å². The molecule has 4 rings (SSSR count). The number of aromatic nitrogens is 4. The summed E-state index contributed by atoms with van der Waals surface area (Å²) >= 11 is 1.21. The Morgan fingerprint density at radius 2 is 2.27 bits per heavy atom. The number of hydrogen-bond acceptors (Lipinski definition) is 6. The lowest BCUT2D eigenvalue weighted by Crippen LogP contribution is -2.41. The molecule has 1 amide bonds. The fraction of sp³-hybridized carbons (Fsp3) is 0.412. The molecule has 3 aromatic heterocycles. The van der Waals surface area contributed by atoms with Crippen LogP contribution in [0, 0.1) is 12.8 Å². The Morgan fingerprint density at radius 3 is 2.88 bits per heavy atom. The zero-order valence-electron chi connectivity index (χ0n) is 14.4. The largest absolute Gasteiger partial charge is 0.393 e. The van der Waals surface area contributed by atoms with Crippen molar-refractivity contribution < 1.29 is 9.90 Å². The normalized spacial score (nSPS) is 20.7. The summed E-state index contributed by atoms with van der Waals surface area (Å²) in [4.78, 5) is 32.7. The fourth-order valence-electron chi connectivity index (χ4n) is 3.48. The van der Waals surface area contributed by atoms with Gasteiger partial charge in [0, 0.05) is 18.8 Å². The van der Waals surface area contributed by atoms with Gasteiger partial charge in [-0.3, -0.25) is 14.3 Å². The third-order valence-corrected chi connectivity index (χ3v) is 6.13. The Morgan fingerprint density at radius 1 is 1.50 bits per heavy atom. The topological polar surface area (TPSA) is 113 Å². The van der Waals surface area contributed by atoms with Crippen molar-refractivity contribution in [3.8, 4) is 0 Å². The van der Waals surface area contributed by atoms with E-state index in [2.05, 4.69) is 20.4 Å². The Hall–Kier alpha value is -2.52. The number of rotatable bonds is 4. The van der Waals surface area contributed by atoms with E-state index in [0.717, 1.165) is 5.56 Å². The molecule has 8 nitrogen and oxygen atoms in total. The second-order valence-electron chi connectivity index (χ2n) is 6.75.